The highest BCUT2D eigenvalue weighted by molar-refractivity contribution is 6.31. The third-order valence-corrected chi connectivity index (χ3v) is 2.21. The van der Waals surface area contributed by atoms with Crippen LogP contribution in [0.2, 0.25) is 5.02 Å². The van der Waals surface area contributed by atoms with Crippen LogP contribution >= 0.6 is 11.6 Å². The first-order valence-corrected chi connectivity index (χ1v) is 4.08. The molecule has 4 heteroatoms. The fraction of sp³-hybridized carbons (Fsp3) is 0.250. The average Bonchev–Trinajstić information content (AvgIpc) is 2.04. The summed E-state index contributed by atoms with van der Waals surface area (Å²) in [6.45, 7) is 0. The van der Waals surface area contributed by atoms with Gasteiger partial charge in [0.05, 0.1) is 0 Å². The van der Waals surface area contributed by atoms with Gasteiger partial charge in [-0.15, -0.1) is 0 Å². The van der Waals surface area contributed by atoms with E-state index < -0.39 is 0 Å². The molecule has 62 valence electrons. The van der Waals surface area contributed by atoms with Crippen molar-refractivity contribution in [2.75, 3.05) is 5.32 Å². The van der Waals surface area contributed by atoms with Gasteiger partial charge in [0.15, 0.2) is 0 Å². The van der Waals surface area contributed by atoms with Crippen LogP contribution in [0.15, 0.2) is 12.3 Å². The minimum atomic E-state index is 0.0114. The van der Waals surface area contributed by atoms with Gasteiger partial charge in [0.2, 0.25) is 5.91 Å². The van der Waals surface area contributed by atoms with Gasteiger partial charge in [0.1, 0.15) is 5.82 Å². The molecule has 1 aromatic rings. The van der Waals surface area contributed by atoms with Crippen LogP contribution in [0, 0.1) is 0 Å². The summed E-state index contributed by atoms with van der Waals surface area (Å²) in [4.78, 5) is 15.0. The Morgan fingerprint density at radius 3 is 3.17 bits per heavy atom. The predicted molar refractivity (Wildman–Crippen MR) is 46.2 cm³/mol. The summed E-state index contributed by atoms with van der Waals surface area (Å²) in [6.07, 6.45) is 2.78. The topological polar surface area (TPSA) is 42.0 Å². The van der Waals surface area contributed by atoms with E-state index in [1.807, 2.05) is 0 Å². The molecule has 0 atom stereocenters. The molecule has 1 amide bonds. The largest absolute Gasteiger partial charge is 0.310 e. The van der Waals surface area contributed by atoms with Crippen LogP contribution in [0.5, 0.6) is 0 Å². The fourth-order valence-electron chi connectivity index (χ4n) is 1.25. The van der Waals surface area contributed by atoms with E-state index in [9.17, 15) is 4.79 Å². The van der Waals surface area contributed by atoms with E-state index in [0.717, 1.165) is 5.56 Å². The maximum absolute atomic E-state index is 10.9. The van der Waals surface area contributed by atoms with Crippen molar-refractivity contribution in [2.45, 2.75) is 12.8 Å². The molecule has 0 aromatic carbocycles. The second-order valence-electron chi connectivity index (χ2n) is 2.67. The van der Waals surface area contributed by atoms with E-state index in [-0.39, 0.29) is 5.91 Å². The van der Waals surface area contributed by atoms with Crippen LogP contribution in [-0.4, -0.2) is 10.9 Å². The molecule has 0 saturated heterocycles. The Morgan fingerprint density at radius 1 is 1.50 bits per heavy atom. The van der Waals surface area contributed by atoms with Crippen molar-refractivity contribution >= 4 is 23.3 Å². The van der Waals surface area contributed by atoms with Gasteiger partial charge in [-0.1, -0.05) is 11.6 Å². The summed E-state index contributed by atoms with van der Waals surface area (Å²) in [5.74, 6) is 0.621. The van der Waals surface area contributed by atoms with Crippen LogP contribution in [0.25, 0.3) is 0 Å². The lowest BCUT2D eigenvalue weighted by molar-refractivity contribution is -0.116. The summed E-state index contributed by atoms with van der Waals surface area (Å²) in [5, 5.41) is 3.35. The molecule has 2 rings (SSSR count). The number of rotatable bonds is 0. The van der Waals surface area contributed by atoms with Crippen LogP contribution in [0.1, 0.15) is 12.0 Å². The molecular formula is C8H7ClN2O. The van der Waals surface area contributed by atoms with Gasteiger partial charge in [-0.2, -0.15) is 0 Å². The average molecular weight is 183 g/mol. The number of hydrogen-bond acceptors (Lipinski definition) is 2. The highest BCUT2D eigenvalue weighted by Crippen LogP contribution is 2.26. The van der Waals surface area contributed by atoms with Gasteiger partial charge in [-0.05, 0) is 12.5 Å². The van der Waals surface area contributed by atoms with Crippen LogP contribution in [0.3, 0.4) is 0 Å². The molecule has 0 aliphatic carbocycles. The Morgan fingerprint density at radius 2 is 2.33 bits per heavy atom. The van der Waals surface area contributed by atoms with Crippen molar-refractivity contribution in [1.29, 1.82) is 0 Å². The molecule has 12 heavy (non-hydrogen) atoms. The number of halogens is 1. The van der Waals surface area contributed by atoms with Crippen LogP contribution in [-0.2, 0) is 11.2 Å². The molecule has 1 N–H and O–H groups in total. The summed E-state index contributed by atoms with van der Waals surface area (Å²) in [7, 11) is 0. The third kappa shape index (κ3) is 1.16. The van der Waals surface area contributed by atoms with Gasteiger partial charge in [-0.3, -0.25) is 4.79 Å². The van der Waals surface area contributed by atoms with Crippen molar-refractivity contribution in [3.63, 3.8) is 0 Å². The number of nitrogens with zero attached hydrogens (tertiary/aromatic N) is 1. The Bertz CT molecular complexity index is 338. The molecule has 1 aromatic heterocycles. The normalized spacial score (nSPS) is 15.2. The van der Waals surface area contributed by atoms with Crippen molar-refractivity contribution in [1.82, 2.24) is 4.98 Å². The van der Waals surface area contributed by atoms with Crippen molar-refractivity contribution < 1.29 is 4.79 Å². The number of amides is 1. The molecule has 0 saturated carbocycles. The molecule has 0 radical (unpaired) electrons. The summed E-state index contributed by atoms with van der Waals surface area (Å²) >= 11 is 5.90. The van der Waals surface area contributed by atoms with Crippen molar-refractivity contribution in [2.24, 2.45) is 0 Å². The summed E-state index contributed by atoms with van der Waals surface area (Å²) in [6, 6.07) is 1.73. The zero-order valence-corrected chi connectivity index (χ0v) is 7.06. The van der Waals surface area contributed by atoms with E-state index in [1.54, 1.807) is 12.3 Å². The lowest BCUT2D eigenvalue weighted by Gasteiger charge is -2.15. The SMILES string of the molecule is O=C1CCc2c(Cl)ccnc2N1. The lowest BCUT2D eigenvalue weighted by Crippen LogP contribution is -2.20. The van der Waals surface area contributed by atoms with E-state index in [4.69, 9.17) is 11.6 Å². The first-order valence-electron chi connectivity index (χ1n) is 3.70. The number of carbonyl (C=O) groups is 1. The van der Waals surface area contributed by atoms with Gasteiger partial charge in [-0.25, -0.2) is 4.98 Å². The van der Waals surface area contributed by atoms with Gasteiger partial charge in [0, 0.05) is 23.2 Å². The Labute approximate surface area is 74.8 Å². The molecule has 0 unspecified atom stereocenters. The Kier molecular flexibility index (Phi) is 1.73. The van der Waals surface area contributed by atoms with Gasteiger partial charge >= 0.3 is 0 Å². The Hall–Kier alpha value is -1.09. The van der Waals surface area contributed by atoms with Gasteiger partial charge < -0.3 is 5.32 Å². The number of aromatic nitrogens is 1. The minimum absolute atomic E-state index is 0.0114. The highest BCUT2D eigenvalue weighted by atomic mass is 35.5. The monoisotopic (exact) mass is 182 g/mol. The molecule has 0 bridgehead atoms. The molecule has 1 aliphatic heterocycles. The molecule has 0 spiro atoms. The zero-order valence-electron chi connectivity index (χ0n) is 6.30. The van der Waals surface area contributed by atoms with Crippen molar-refractivity contribution in [3.8, 4) is 0 Å². The second kappa shape index (κ2) is 2.75. The predicted octanol–water partition coefficient (Wildman–Crippen LogP) is 1.62. The number of pyridine rings is 1. The zero-order chi connectivity index (χ0) is 8.55. The summed E-state index contributed by atoms with van der Waals surface area (Å²) < 4.78 is 0. The van der Waals surface area contributed by atoms with Gasteiger partial charge in [0.25, 0.3) is 0 Å². The lowest BCUT2D eigenvalue weighted by atomic mass is 10.1. The van der Waals surface area contributed by atoms with Crippen LogP contribution < -0.4 is 5.32 Å². The molecule has 3 nitrogen and oxygen atoms in total. The standard InChI is InChI=1S/C8H7ClN2O/c9-6-3-4-10-8-5(6)1-2-7(12)11-8/h3-4H,1-2H2,(H,10,11,12). The smallest absolute Gasteiger partial charge is 0.225 e. The maximum atomic E-state index is 10.9. The van der Waals surface area contributed by atoms with E-state index in [0.29, 0.717) is 23.7 Å². The maximum Gasteiger partial charge on any atom is 0.225 e. The first-order chi connectivity index (χ1) is 5.77. The summed E-state index contributed by atoms with van der Waals surface area (Å²) in [5.41, 5.74) is 0.943. The number of hydrogen-bond donors (Lipinski definition) is 1. The van der Waals surface area contributed by atoms with E-state index in [1.165, 1.54) is 0 Å². The number of anilines is 1. The van der Waals surface area contributed by atoms with E-state index in [2.05, 4.69) is 10.3 Å². The Balaban J connectivity index is 2.48. The third-order valence-electron chi connectivity index (χ3n) is 1.86. The molecule has 2 heterocycles. The number of carbonyl (C=O) groups excluding carboxylic acids is 1. The highest BCUT2D eigenvalue weighted by Gasteiger charge is 2.17. The van der Waals surface area contributed by atoms with E-state index >= 15 is 0 Å². The molecule has 0 fully saturated rings. The first kappa shape index (κ1) is 7.55. The quantitative estimate of drug-likeness (QED) is 0.663. The van der Waals surface area contributed by atoms with Crippen LogP contribution in [0.4, 0.5) is 5.82 Å². The fourth-order valence-corrected chi connectivity index (χ4v) is 1.49. The van der Waals surface area contributed by atoms with Crippen molar-refractivity contribution in [3.05, 3.63) is 22.8 Å². The second-order valence-corrected chi connectivity index (χ2v) is 3.08. The minimum Gasteiger partial charge on any atom is -0.310 e. The molecule has 1 aliphatic rings. The number of nitrogens with one attached hydrogen (secondary N) is 1. The molecular weight excluding hydrogens is 176 g/mol. The number of fused-ring (bicyclic) bond motifs is 1.